The van der Waals surface area contributed by atoms with Gasteiger partial charge in [-0.15, -0.1) is 11.3 Å². The fourth-order valence-electron chi connectivity index (χ4n) is 3.78. The first kappa shape index (κ1) is 20.9. The lowest BCUT2D eigenvalue weighted by Crippen LogP contribution is -2.30. The van der Waals surface area contributed by atoms with E-state index in [4.69, 9.17) is 4.42 Å². The molecule has 0 saturated heterocycles. The van der Waals surface area contributed by atoms with E-state index in [2.05, 4.69) is 4.98 Å². The number of nitrogens with zero attached hydrogens (tertiary/aromatic N) is 3. The molecule has 1 unspecified atom stereocenters. The van der Waals surface area contributed by atoms with E-state index in [0.717, 1.165) is 16.3 Å². The summed E-state index contributed by atoms with van der Waals surface area (Å²) in [5.74, 6) is -0.934. The zero-order chi connectivity index (χ0) is 22.3. The summed E-state index contributed by atoms with van der Waals surface area (Å²) in [7, 11) is 3.87. The molecule has 0 fully saturated rings. The molecule has 3 heterocycles. The van der Waals surface area contributed by atoms with Crippen molar-refractivity contribution in [1.29, 1.82) is 0 Å². The number of hydrogen-bond donors (Lipinski definition) is 1. The number of Topliss-reactive ketones (excluding diaryl/α,β-unsaturated/α-hetero) is 1. The number of rotatable bonds is 6. The van der Waals surface area contributed by atoms with Gasteiger partial charge in [-0.25, -0.2) is 4.98 Å². The number of aliphatic hydroxyl groups excluding tert-OH is 1. The molecule has 0 radical (unpaired) electrons. The number of carbonyl (C=O) groups is 2. The Bertz CT molecular complexity index is 1160. The molecule has 1 amide bonds. The van der Waals surface area contributed by atoms with E-state index >= 15 is 0 Å². The highest BCUT2D eigenvalue weighted by molar-refractivity contribution is 7.14. The SMILES string of the molecule is Cc1nc(C)c(C(=O)C2=C(O)C(=O)N(Cc3ccco3)C2c2ccc(N(C)C)cc2)s1. The Morgan fingerprint density at radius 1 is 1.23 bits per heavy atom. The molecule has 2 aromatic heterocycles. The lowest BCUT2D eigenvalue weighted by Gasteiger charge is -2.26. The van der Waals surface area contributed by atoms with Crippen LogP contribution < -0.4 is 4.90 Å². The third-order valence-corrected chi connectivity index (χ3v) is 6.36. The van der Waals surface area contributed by atoms with Crippen LogP contribution in [0.5, 0.6) is 0 Å². The maximum Gasteiger partial charge on any atom is 0.290 e. The molecule has 0 saturated carbocycles. The second-order valence-electron chi connectivity index (χ2n) is 7.64. The van der Waals surface area contributed by atoms with Crippen molar-refractivity contribution in [1.82, 2.24) is 9.88 Å². The zero-order valence-corrected chi connectivity index (χ0v) is 18.6. The van der Waals surface area contributed by atoms with E-state index in [1.165, 1.54) is 22.5 Å². The molecule has 4 rings (SSSR count). The topological polar surface area (TPSA) is 86.9 Å². The van der Waals surface area contributed by atoms with Crippen LogP contribution >= 0.6 is 11.3 Å². The number of amides is 1. The van der Waals surface area contributed by atoms with Crippen molar-refractivity contribution >= 4 is 28.7 Å². The second kappa shape index (κ2) is 8.03. The summed E-state index contributed by atoms with van der Waals surface area (Å²) >= 11 is 1.26. The molecule has 1 aromatic carbocycles. The fourth-order valence-corrected chi connectivity index (χ4v) is 4.66. The number of carbonyl (C=O) groups excluding carboxylic acids is 2. The smallest absolute Gasteiger partial charge is 0.290 e. The molecule has 7 nitrogen and oxygen atoms in total. The van der Waals surface area contributed by atoms with E-state index in [-0.39, 0.29) is 17.9 Å². The molecular formula is C23H23N3O4S. The van der Waals surface area contributed by atoms with Crippen molar-refractivity contribution in [2.45, 2.75) is 26.4 Å². The molecule has 1 N–H and O–H groups in total. The minimum absolute atomic E-state index is 0.0703. The van der Waals surface area contributed by atoms with Crippen LogP contribution in [0.4, 0.5) is 5.69 Å². The average molecular weight is 438 g/mol. The third kappa shape index (κ3) is 3.74. The van der Waals surface area contributed by atoms with Crippen LogP contribution in [-0.4, -0.2) is 40.8 Å². The molecular weight excluding hydrogens is 414 g/mol. The molecule has 1 aliphatic rings. The second-order valence-corrected chi connectivity index (χ2v) is 8.84. The van der Waals surface area contributed by atoms with E-state index in [1.54, 1.807) is 19.1 Å². The summed E-state index contributed by atoms with van der Waals surface area (Å²) in [5.41, 5.74) is 2.38. The van der Waals surface area contributed by atoms with E-state index in [1.807, 2.05) is 50.2 Å². The number of aromatic nitrogens is 1. The van der Waals surface area contributed by atoms with Gasteiger partial charge in [-0.3, -0.25) is 9.59 Å². The van der Waals surface area contributed by atoms with Gasteiger partial charge in [-0.05, 0) is 43.7 Å². The Morgan fingerprint density at radius 2 is 1.94 bits per heavy atom. The number of ketones is 1. The Hall–Kier alpha value is -3.39. The van der Waals surface area contributed by atoms with Gasteiger partial charge in [0, 0.05) is 19.8 Å². The van der Waals surface area contributed by atoms with Crippen LogP contribution in [-0.2, 0) is 11.3 Å². The van der Waals surface area contributed by atoms with Gasteiger partial charge in [0.1, 0.15) is 5.76 Å². The van der Waals surface area contributed by atoms with Gasteiger partial charge in [0.2, 0.25) is 5.78 Å². The van der Waals surface area contributed by atoms with Crippen LogP contribution in [0.1, 0.15) is 37.7 Å². The number of anilines is 1. The molecule has 8 heteroatoms. The number of aliphatic hydroxyl groups is 1. The largest absolute Gasteiger partial charge is 0.503 e. The van der Waals surface area contributed by atoms with Gasteiger partial charge in [0.25, 0.3) is 5.91 Å². The van der Waals surface area contributed by atoms with Crippen LogP contribution in [0, 0.1) is 13.8 Å². The summed E-state index contributed by atoms with van der Waals surface area (Å²) in [6, 6.07) is 10.3. The van der Waals surface area contributed by atoms with E-state index in [0.29, 0.717) is 16.3 Å². The summed E-state index contributed by atoms with van der Waals surface area (Å²) in [6.07, 6.45) is 1.53. The quantitative estimate of drug-likeness (QED) is 0.582. The predicted octanol–water partition coefficient (Wildman–Crippen LogP) is 4.20. The van der Waals surface area contributed by atoms with Crippen molar-refractivity contribution in [3.05, 3.63) is 80.9 Å². The summed E-state index contributed by atoms with van der Waals surface area (Å²) in [5, 5.41) is 11.5. The Balaban J connectivity index is 1.81. The van der Waals surface area contributed by atoms with Gasteiger partial charge in [-0.2, -0.15) is 0 Å². The number of aryl methyl sites for hydroxylation is 2. The molecule has 1 atom stereocenters. The van der Waals surface area contributed by atoms with Crippen molar-refractivity contribution in [2.75, 3.05) is 19.0 Å². The minimum atomic E-state index is -0.733. The highest BCUT2D eigenvalue weighted by Crippen LogP contribution is 2.41. The molecule has 0 aliphatic carbocycles. The minimum Gasteiger partial charge on any atom is -0.503 e. The van der Waals surface area contributed by atoms with Crippen molar-refractivity contribution in [3.8, 4) is 0 Å². The molecule has 31 heavy (non-hydrogen) atoms. The molecule has 0 bridgehead atoms. The van der Waals surface area contributed by atoms with Gasteiger partial charge in [-0.1, -0.05) is 12.1 Å². The Kier molecular flexibility index (Phi) is 5.41. The fraction of sp³-hybridized carbons (Fsp3) is 0.261. The summed E-state index contributed by atoms with van der Waals surface area (Å²) in [6.45, 7) is 3.71. The van der Waals surface area contributed by atoms with Crippen LogP contribution in [0.15, 0.2) is 58.4 Å². The lowest BCUT2D eigenvalue weighted by atomic mass is 9.94. The highest BCUT2D eigenvalue weighted by atomic mass is 32.1. The van der Waals surface area contributed by atoms with Crippen LogP contribution in [0.25, 0.3) is 0 Å². The average Bonchev–Trinajstić information content (AvgIpc) is 3.43. The van der Waals surface area contributed by atoms with E-state index < -0.39 is 17.7 Å². The normalized spacial score (nSPS) is 16.3. The standard InChI is InChI=1S/C23H23N3O4S/c1-13-22(31-14(2)24-13)20(27)18-19(15-7-9-16(10-8-15)25(3)4)26(23(29)21(18)28)12-17-6-5-11-30-17/h5-11,19,28H,12H2,1-4H3. The van der Waals surface area contributed by atoms with Crippen LogP contribution in [0.2, 0.25) is 0 Å². The van der Waals surface area contributed by atoms with Gasteiger partial charge >= 0.3 is 0 Å². The number of benzene rings is 1. The first-order chi connectivity index (χ1) is 14.8. The van der Waals surface area contributed by atoms with Crippen LogP contribution in [0.3, 0.4) is 0 Å². The Labute approximate surface area is 184 Å². The van der Waals surface area contributed by atoms with Gasteiger partial charge in [0.05, 0.1) is 40.0 Å². The van der Waals surface area contributed by atoms with Gasteiger partial charge in [0.15, 0.2) is 5.76 Å². The predicted molar refractivity (Wildman–Crippen MR) is 118 cm³/mol. The monoisotopic (exact) mass is 437 g/mol. The van der Waals surface area contributed by atoms with Gasteiger partial charge < -0.3 is 19.3 Å². The van der Waals surface area contributed by atoms with E-state index in [9.17, 15) is 14.7 Å². The highest BCUT2D eigenvalue weighted by Gasteiger charge is 2.44. The number of furan rings is 1. The maximum absolute atomic E-state index is 13.5. The van der Waals surface area contributed by atoms with Crippen molar-refractivity contribution in [2.24, 2.45) is 0 Å². The molecule has 3 aromatic rings. The molecule has 1 aliphatic heterocycles. The van der Waals surface area contributed by atoms with Crippen molar-refractivity contribution in [3.63, 3.8) is 0 Å². The molecule has 160 valence electrons. The molecule has 0 spiro atoms. The number of hydrogen-bond acceptors (Lipinski definition) is 7. The zero-order valence-electron chi connectivity index (χ0n) is 17.7. The first-order valence-electron chi connectivity index (χ1n) is 9.80. The lowest BCUT2D eigenvalue weighted by molar-refractivity contribution is -0.130. The van der Waals surface area contributed by atoms with Crippen molar-refractivity contribution < 1.29 is 19.1 Å². The summed E-state index contributed by atoms with van der Waals surface area (Å²) < 4.78 is 5.42. The first-order valence-corrected chi connectivity index (χ1v) is 10.6. The summed E-state index contributed by atoms with van der Waals surface area (Å²) in [4.78, 5) is 34.7. The maximum atomic E-state index is 13.5. The Morgan fingerprint density at radius 3 is 2.48 bits per heavy atom. The third-order valence-electron chi connectivity index (χ3n) is 5.29. The number of thiazole rings is 1.